The zero-order valence-corrected chi connectivity index (χ0v) is 12.8. The molecule has 7 heteroatoms. The number of rotatable bonds is 7. The number of aromatic nitrogens is 2. The van der Waals surface area contributed by atoms with Crippen LogP contribution in [0, 0.1) is 0 Å². The molecule has 116 valence electrons. The van der Waals surface area contributed by atoms with Gasteiger partial charge >= 0.3 is 6.18 Å². The van der Waals surface area contributed by atoms with E-state index in [2.05, 4.69) is 10.4 Å². The second kappa shape index (κ2) is 7.31. The first-order valence-corrected chi connectivity index (χ1v) is 7.18. The third-order valence-electron chi connectivity index (χ3n) is 3.32. The molecule has 20 heavy (non-hydrogen) atoms. The fourth-order valence-corrected chi connectivity index (χ4v) is 2.48. The van der Waals surface area contributed by atoms with Crippen LogP contribution in [0.25, 0.3) is 0 Å². The van der Waals surface area contributed by atoms with E-state index >= 15 is 0 Å². The van der Waals surface area contributed by atoms with Crippen molar-refractivity contribution in [3.63, 3.8) is 0 Å². The van der Waals surface area contributed by atoms with Crippen molar-refractivity contribution < 1.29 is 13.2 Å². The Kier molecular flexibility index (Phi) is 6.33. The highest BCUT2D eigenvalue weighted by Crippen LogP contribution is 2.26. The second-order valence-corrected chi connectivity index (χ2v) is 5.10. The fraction of sp³-hybridized carbons (Fsp3) is 0.769. The summed E-state index contributed by atoms with van der Waals surface area (Å²) in [7, 11) is 1.67. The third-order valence-corrected chi connectivity index (χ3v) is 3.75. The van der Waals surface area contributed by atoms with Gasteiger partial charge in [-0.1, -0.05) is 18.5 Å². The number of nitrogens with one attached hydrogen (secondary N) is 1. The maximum absolute atomic E-state index is 12.3. The summed E-state index contributed by atoms with van der Waals surface area (Å²) >= 11 is 6.27. The van der Waals surface area contributed by atoms with Gasteiger partial charge in [-0.05, 0) is 26.8 Å². The standard InChI is InChI=1S/C13H21ClF3N3/c1-4-10-12(14)11(20(5-2)19-10)8-9(18-3)6-7-13(15,16)17/h9,18H,4-8H2,1-3H3. The van der Waals surface area contributed by atoms with Crippen molar-refractivity contribution in [2.75, 3.05) is 7.05 Å². The Hall–Kier alpha value is -0.750. The Bertz CT molecular complexity index is 429. The first-order chi connectivity index (χ1) is 9.32. The summed E-state index contributed by atoms with van der Waals surface area (Å²) < 4.78 is 38.7. The van der Waals surface area contributed by atoms with Crippen molar-refractivity contribution in [2.45, 2.75) is 58.3 Å². The molecule has 3 nitrogen and oxygen atoms in total. The topological polar surface area (TPSA) is 29.9 Å². The highest BCUT2D eigenvalue weighted by atomic mass is 35.5. The van der Waals surface area contributed by atoms with Crippen LogP contribution in [0.3, 0.4) is 0 Å². The predicted octanol–water partition coefficient (Wildman–Crippen LogP) is 3.59. The van der Waals surface area contributed by atoms with Crippen LogP contribution in [-0.2, 0) is 19.4 Å². The summed E-state index contributed by atoms with van der Waals surface area (Å²) in [5, 5.41) is 7.89. The van der Waals surface area contributed by atoms with E-state index in [9.17, 15) is 13.2 Å². The normalized spacial score (nSPS) is 13.8. The molecule has 0 bridgehead atoms. The van der Waals surface area contributed by atoms with Gasteiger partial charge in [0.25, 0.3) is 0 Å². The Morgan fingerprint density at radius 3 is 2.45 bits per heavy atom. The van der Waals surface area contributed by atoms with Gasteiger partial charge in [0.05, 0.1) is 16.4 Å². The molecule has 0 amide bonds. The van der Waals surface area contributed by atoms with Gasteiger partial charge in [-0.15, -0.1) is 0 Å². The van der Waals surface area contributed by atoms with Crippen molar-refractivity contribution in [2.24, 2.45) is 0 Å². The molecule has 0 saturated heterocycles. The molecule has 1 heterocycles. The average Bonchev–Trinajstić information content (AvgIpc) is 2.69. The lowest BCUT2D eigenvalue weighted by atomic mass is 10.1. The summed E-state index contributed by atoms with van der Waals surface area (Å²) in [6.45, 7) is 4.55. The Balaban J connectivity index is 2.81. The Labute approximate surface area is 122 Å². The number of aryl methyl sites for hydroxylation is 2. The molecule has 1 rings (SSSR count). The maximum Gasteiger partial charge on any atom is 0.389 e. The zero-order chi connectivity index (χ0) is 15.3. The van der Waals surface area contributed by atoms with E-state index in [1.54, 1.807) is 11.7 Å². The molecule has 0 saturated carbocycles. The van der Waals surface area contributed by atoms with Gasteiger partial charge in [0.2, 0.25) is 0 Å². The van der Waals surface area contributed by atoms with Gasteiger partial charge in [-0.3, -0.25) is 4.68 Å². The SMILES string of the molecule is CCc1nn(CC)c(CC(CCC(F)(F)F)NC)c1Cl. The highest BCUT2D eigenvalue weighted by Gasteiger charge is 2.28. The maximum atomic E-state index is 12.3. The molecule has 0 radical (unpaired) electrons. The van der Waals surface area contributed by atoms with E-state index in [1.807, 2.05) is 13.8 Å². The number of likely N-dealkylation sites (N-methyl/N-ethyl adjacent to an activating group) is 1. The number of hydrogen-bond acceptors (Lipinski definition) is 2. The quantitative estimate of drug-likeness (QED) is 0.834. The average molecular weight is 312 g/mol. The Morgan fingerprint density at radius 2 is 2.00 bits per heavy atom. The molecule has 1 aromatic rings. The second-order valence-electron chi connectivity index (χ2n) is 4.72. The van der Waals surface area contributed by atoms with Gasteiger partial charge in [0.1, 0.15) is 0 Å². The van der Waals surface area contributed by atoms with Gasteiger partial charge in [0.15, 0.2) is 0 Å². The molecule has 0 aliphatic heterocycles. The molecule has 1 aromatic heterocycles. The molecule has 0 aromatic carbocycles. The lowest BCUT2D eigenvalue weighted by Crippen LogP contribution is -2.30. The van der Waals surface area contributed by atoms with Crippen LogP contribution >= 0.6 is 11.6 Å². The predicted molar refractivity (Wildman–Crippen MR) is 74.1 cm³/mol. The smallest absolute Gasteiger partial charge is 0.317 e. The van der Waals surface area contributed by atoms with E-state index in [1.165, 1.54) is 0 Å². The summed E-state index contributed by atoms with van der Waals surface area (Å²) in [6, 6.07) is -0.263. The molecular formula is C13H21ClF3N3. The van der Waals surface area contributed by atoms with Crippen molar-refractivity contribution in [1.82, 2.24) is 15.1 Å². The molecule has 1 N–H and O–H groups in total. The van der Waals surface area contributed by atoms with Crippen molar-refractivity contribution in [1.29, 1.82) is 0 Å². The van der Waals surface area contributed by atoms with Crippen molar-refractivity contribution >= 4 is 11.6 Å². The van der Waals surface area contributed by atoms with E-state index in [0.29, 0.717) is 24.4 Å². The summed E-state index contributed by atoms with van der Waals surface area (Å²) in [5.74, 6) is 0. The van der Waals surface area contributed by atoms with Crippen LogP contribution in [0.1, 0.15) is 38.1 Å². The van der Waals surface area contributed by atoms with Crippen LogP contribution in [0.15, 0.2) is 0 Å². The summed E-state index contributed by atoms with van der Waals surface area (Å²) in [5.41, 5.74) is 1.61. The fourth-order valence-electron chi connectivity index (χ4n) is 2.13. The largest absolute Gasteiger partial charge is 0.389 e. The van der Waals surface area contributed by atoms with Gasteiger partial charge in [-0.25, -0.2) is 0 Å². The van der Waals surface area contributed by atoms with Crippen LogP contribution in [0.2, 0.25) is 5.02 Å². The molecule has 0 spiro atoms. The number of alkyl halides is 3. The number of nitrogens with zero attached hydrogens (tertiary/aromatic N) is 2. The first kappa shape index (κ1) is 17.3. The zero-order valence-electron chi connectivity index (χ0n) is 12.0. The lowest BCUT2D eigenvalue weighted by molar-refractivity contribution is -0.136. The molecule has 0 aliphatic rings. The number of halogens is 4. The van der Waals surface area contributed by atoms with Crippen molar-refractivity contribution in [3.8, 4) is 0 Å². The Morgan fingerprint density at radius 1 is 1.35 bits per heavy atom. The monoisotopic (exact) mass is 311 g/mol. The van der Waals surface area contributed by atoms with E-state index in [0.717, 1.165) is 11.4 Å². The lowest BCUT2D eigenvalue weighted by Gasteiger charge is -2.18. The van der Waals surface area contributed by atoms with Crippen LogP contribution < -0.4 is 5.32 Å². The minimum atomic E-state index is -4.13. The van der Waals surface area contributed by atoms with Crippen LogP contribution in [-0.4, -0.2) is 29.0 Å². The van der Waals surface area contributed by atoms with Gasteiger partial charge in [-0.2, -0.15) is 18.3 Å². The van der Waals surface area contributed by atoms with E-state index < -0.39 is 12.6 Å². The molecule has 1 atom stereocenters. The van der Waals surface area contributed by atoms with Crippen LogP contribution in [0.4, 0.5) is 13.2 Å². The molecular weight excluding hydrogens is 291 g/mol. The van der Waals surface area contributed by atoms with Gasteiger partial charge < -0.3 is 5.32 Å². The van der Waals surface area contributed by atoms with Crippen molar-refractivity contribution in [3.05, 3.63) is 16.4 Å². The molecule has 0 fully saturated rings. The minimum Gasteiger partial charge on any atom is -0.317 e. The molecule has 1 unspecified atom stereocenters. The van der Waals surface area contributed by atoms with E-state index in [-0.39, 0.29) is 12.5 Å². The molecule has 0 aliphatic carbocycles. The summed E-state index contributed by atoms with van der Waals surface area (Å²) in [6.07, 6.45) is -3.72. The third kappa shape index (κ3) is 4.66. The van der Waals surface area contributed by atoms with E-state index in [4.69, 9.17) is 11.6 Å². The van der Waals surface area contributed by atoms with Crippen LogP contribution in [0.5, 0.6) is 0 Å². The highest BCUT2D eigenvalue weighted by molar-refractivity contribution is 6.31. The minimum absolute atomic E-state index is 0.0344. The number of hydrogen-bond donors (Lipinski definition) is 1. The summed E-state index contributed by atoms with van der Waals surface area (Å²) in [4.78, 5) is 0. The van der Waals surface area contributed by atoms with Gasteiger partial charge in [0, 0.05) is 25.4 Å². The first-order valence-electron chi connectivity index (χ1n) is 6.80.